The van der Waals surface area contributed by atoms with Crippen molar-refractivity contribution in [3.63, 3.8) is 0 Å². The topological polar surface area (TPSA) is 55.4 Å². The first kappa shape index (κ1) is 48.1. The summed E-state index contributed by atoms with van der Waals surface area (Å²) in [6.45, 7) is 22.9. The van der Waals surface area contributed by atoms with Crippen LogP contribution in [0.15, 0.2) is 12.7 Å². The maximum atomic E-state index is 6.82. The van der Waals surface area contributed by atoms with Crippen LogP contribution in [0.1, 0.15) is 155 Å². The molecule has 308 valence electrons. The van der Waals surface area contributed by atoms with Gasteiger partial charge in [0.25, 0.3) is 0 Å². The summed E-state index contributed by atoms with van der Waals surface area (Å²) >= 11 is 0. The van der Waals surface area contributed by atoms with E-state index in [-0.39, 0.29) is 36.6 Å². The average molecular weight is 769 g/mol. The van der Waals surface area contributed by atoms with Gasteiger partial charge < -0.3 is 28.4 Å². The molecule has 0 saturated carbocycles. The standard InChI is InChI=1S/C44H88O6Si2/c1-9-11-13-15-17-19-20-22-24-26-28-40(48-38-46-34-36-52(6,7)8)42-30-32-44(50-42)43-31-29-41(49-43)39(47-37-45-33-35-51(3,4)5)27-25-23-21-18-16-14-12-10-2/h9,39-44H,1,10-38H2,2-8H3/t39-,40-,41-,42-,43-,44-/m1/s1. The lowest BCUT2D eigenvalue weighted by molar-refractivity contribution is -0.162. The molecule has 2 aliphatic heterocycles. The zero-order valence-electron chi connectivity index (χ0n) is 35.7. The molecule has 0 amide bonds. The van der Waals surface area contributed by atoms with Crippen molar-refractivity contribution < 1.29 is 28.4 Å². The van der Waals surface area contributed by atoms with Crippen LogP contribution in [-0.2, 0) is 28.4 Å². The van der Waals surface area contributed by atoms with Gasteiger partial charge >= 0.3 is 0 Å². The van der Waals surface area contributed by atoms with Crippen LogP contribution >= 0.6 is 0 Å². The minimum atomic E-state index is -1.12. The summed E-state index contributed by atoms with van der Waals surface area (Å²) in [7, 11) is -2.23. The molecule has 0 aromatic rings. The van der Waals surface area contributed by atoms with Gasteiger partial charge in [-0.1, -0.05) is 149 Å². The van der Waals surface area contributed by atoms with Crippen LogP contribution in [-0.4, -0.2) is 79.6 Å². The molecule has 6 nitrogen and oxygen atoms in total. The molecule has 2 fully saturated rings. The van der Waals surface area contributed by atoms with Gasteiger partial charge in [-0.15, -0.1) is 6.58 Å². The number of allylic oxidation sites excluding steroid dienone is 1. The number of hydrogen-bond acceptors (Lipinski definition) is 6. The van der Waals surface area contributed by atoms with Gasteiger partial charge in [0, 0.05) is 29.4 Å². The Morgan fingerprint density at radius 2 is 0.942 bits per heavy atom. The van der Waals surface area contributed by atoms with E-state index in [0.29, 0.717) is 13.6 Å². The minimum absolute atomic E-state index is 0.0966. The molecule has 0 bridgehead atoms. The molecule has 0 aromatic heterocycles. The van der Waals surface area contributed by atoms with Crippen molar-refractivity contribution in [2.24, 2.45) is 0 Å². The van der Waals surface area contributed by atoms with Gasteiger partial charge in [0.15, 0.2) is 0 Å². The molecule has 0 aliphatic carbocycles. The second-order valence-corrected chi connectivity index (χ2v) is 29.9. The summed E-state index contributed by atoms with van der Waals surface area (Å²) in [5, 5.41) is 0. The van der Waals surface area contributed by atoms with Gasteiger partial charge in [0.1, 0.15) is 13.6 Å². The molecule has 0 unspecified atom stereocenters. The van der Waals surface area contributed by atoms with E-state index in [0.717, 1.165) is 58.2 Å². The fraction of sp³-hybridized carbons (Fsp3) is 0.955. The predicted molar refractivity (Wildman–Crippen MR) is 227 cm³/mol. The summed E-state index contributed by atoms with van der Waals surface area (Å²) in [5.74, 6) is 0. The van der Waals surface area contributed by atoms with E-state index in [1.807, 2.05) is 6.08 Å². The van der Waals surface area contributed by atoms with E-state index in [9.17, 15) is 0 Å². The van der Waals surface area contributed by atoms with Crippen molar-refractivity contribution in [2.45, 2.75) is 243 Å². The number of ether oxygens (including phenoxy) is 6. The quantitative estimate of drug-likeness (QED) is 0.0277. The Bertz CT molecular complexity index is 846. The highest BCUT2D eigenvalue weighted by atomic mass is 28.3. The predicted octanol–water partition coefficient (Wildman–Crippen LogP) is 13.1. The third kappa shape index (κ3) is 24.4. The fourth-order valence-electron chi connectivity index (χ4n) is 7.55. The molecule has 2 saturated heterocycles. The summed E-state index contributed by atoms with van der Waals surface area (Å²) in [6.07, 6.45) is 31.3. The Hall–Kier alpha value is -0.0662. The first-order valence-electron chi connectivity index (χ1n) is 22.3. The Kier molecular flexibility index (Phi) is 27.0. The lowest BCUT2D eigenvalue weighted by atomic mass is 10.00. The lowest BCUT2D eigenvalue weighted by Crippen LogP contribution is -2.35. The van der Waals surface area contributed by atoms with E-state index in [2.05, 4.69) is 52.8 Å². The van der Waals surface area contributed by atoms with Gasteiger partial charge in [0.05, 0.1) is 36.6 Å². The van der Waals surface area contributed by atoms with E-state index in [4.69, 9.17) is 28.4 Å². The molecule has 2 rings (SSSR count). The van der Waals surface area contributed by atoms with Crippen LogP contribution in [0.2, 0.25) is 51.4 Å². The Labute approximate surface area is 325 Å². The third-order valence-corrected chi connectivity index (χ3v) is 14.5. The lowest BCUT2D eigenvalue weighted by Gasteiger charge is -2.28. The summed E-state index contributed by atoms with van der Waals surface area (Å²) < 4.78 is 38.5. The molecule has 0 aromatic carbocycles. The highest BCUT2D eigenvalue weighted by Crippen LogP contribution is 2.36. The van der Waals surface area contributed by atoms with Crippen molar-refractivity contribution in [1.82, 2.24) is 0 Å². The van der Waals surface area contributed by atoms with E-state index >= 15 is 0 Å². The maximum absolute atomic E-state index is 6.82. The van der Waals surface area contributed by atoms with Gasteiger partial charge in [-0.3, -0.25) is 0 Å². The average Bonchev–Trinajstić information content (AvgIpc) is 3.78. The number of unbranched alkanes of at least 4 members (excludes halogenated alkanes) is 15. The number of rotatable bonds is 35. The Morgan fingerprint density at radius 3 is 1.33 bits per heavy atom. The smallest absolute Gasteiger partial charge is 0.147 e. The van der Waals surface area contributed by atoms with Crippen molar-refractivity contribution in [3.05, 3.63) is 12.7 Å². The molecule has 0 N–H and O–H groups in total. The second kappa shape index (κ2) is 29.2. The van der Waals surface area contributed by atoms with Crippen LogP contribution in [0.3, 0.4) is 0 Å². The van der Waals surface area contributed by atoms with Crippen LogP contribution < -0.4 is 0 Å². The highest BCUT2D eigenvalue weighted by Gasteiger charge is 2.42. The summed E-state index contributed by atoms with van der Waals surface area (Å²) in [4.78, 5) is 0. The normalized spacial score (nSPS) is 22.3. The van der Waals surface area contributed by atoms with E-state index in [1.54, 1.807) is 0 Å². The first-order valence-corrected chi connectivity index (χ1v) is 29.7. The number of hydrogen-bond donors (Lipinski definition) is 0. The zero-order valence-corrected chi connectivity index (χ0v) is 37.7. The SMILES string of the molecule is C=CCCCCCCCCCC[C@@H](OCOCC[Si](C)(C)C)[C@H]1CC[C@H]([C@H]2CC[C@H]([C@@H](CCCCCCCCCC)OCOCC[Si](C)(C)C)O2)O1. The van der Waals surface area contributed by atoms with Crippen LogP contribution in [0.5, 0.6) is 0 Å². The van der Waals surface area contributed by atoms with Gasteiger partial charge in [-0.05, 0) is 63.5 Å². The monoisotopic (exact) mass is 769 g/mol. The van der Waals surface area contributed by atoms with Crippen molar-refractivity contribution in [2.75, 3.05) is 26.8 Å². The summed E-state index contributed by atoms with van der Waals surface area (Å²) in [6, 6.07) is 2.35. The van der Waals surface area contributed by atoms with E-state index < -0.39 is 16.1 Å². The van der Waals surface area contributed by atoms with Crippen LogP contribution in [0.4, 0.5) is 0 Å². The minimum Gasteiger partial charge on any atom is -0.370 e. The largest absolute Gasteiger partial charge is 0.370 e. The zero-order chi connectivity index (χ0) is 37.9. The van der Waals surface area contributed by atoms with Gasteiger partial charge in [0.2, 0.25) is 0 Å². The second-order valence-electron chi connectivity index (χ2n) is 18.6. The van der Waals surface area contributed by atoms with Crippen LogP contribution in [0.25, 0.3) is 0 Å². The molecule has 52 heavy (non-hydrogen) atoms. The van der Waals surface area contributed by atoms with Crippen molar-refractivity contribution in [1.29, 1.82) is 0 Å². The molecule has 2 heterocycles. The van der Waals surface area contributed by atoms with Crippen molar-refractivity contribution >= 4 is 16.1 Å². The molecule has 0 radical (unpaired) electrons. The fourth-order valence-corrected chi connectivity index (χ4v) is 9.06. The third-order valence-electron chi connectivity index (χ3n) is 11.1. The maximum Gasteiger partial charge on any atom is 0.147 e. The molecule has 8 heteroatoms. The molecule has 0 spiro atoms. The van der Waals surface area contributed by atoms with Crippen LogP contribution in [0, 0.1) is 0 Å². The Balaban J connectivity index is 1.85. The summed E-state index contributed by atoms with van der Waals surface area (Å²) in [5.41, 5.74) is 0. The van der Waals surface area contributed by atoms with Gasteiger partial charge in [-0.25, -0.2) is 0 Å². The van der Waals surface area contributed by atoms with Crippen molar-refractivity contribution in [3.8, 4) is 0 Å². The van der Waals surface area contributed by atoms with Gasteiger partial charge in [-0.2, -0.15) is 0 Å². The molecule has 2 aliphatic rings. The molecular weight excluding hydrogens is 681 g/mol. The highest BCUT2D eigenvalue weighted by molar-refractivity contribution is 6.76. The molecular formula is C44H88O6Si2. The van der Waals surface area contributed by atoms with E-state index in [1.165, 1.54) is 115 Å². The first-order chi connectivity index (χ1) is 25.0. The Morgan fingerprint density at radius 1 is 0.558 bits per heavy atom. The molecule has 6 atom stereocenters.